The largest absolute Gasteiger partial charge is 0.477 e. The number of benzene rings is 2. The molecule has 194 valence electrons. The Morgan fingerprint density at radius 2 is 1.84 bits per heavy atom. The molecular formula is C28H25F2N5O3. The molecule has 0 spiro atoms. The van der Waals surface area contributed by atoms with Crippen LogP contribution in [0.15, 0.2) is 59.7 Å². The van der Waals surface area contributed by atoms with Crippen molar-refractivity contribution < 1.29 is 18.7 Å². The van der Waals surface area contributed by atoms with Gasteiger partial charge in [-0.15, -0.1) is 0 Å². The molecule has 0 radical (unpaired) electrons. The molecule has 0 amide bonds. The minimum absolute atomic E-state index is 0.114. The average Bonchev–Trinajstić information content (AvgIpc) is 3.35. The lowest BCUT2D eigenvalue weighted by molar-refractivity contribution is -0.129. The first-order chi connectivity index (χ1) is 18.3. The Balaban J connectivity index is 1.28. The summed E-state index contributed by atoms with van der Waals surface area (Å²) in [5.41, 5.74) is 4.28. The van der Waals surface area contributed by atoms with Crippen molar-refractivity contribution in [3.63, 3.8) is 0 Å². The van der Waals surface area contributed by atoms with Gasteiger partial charge in [-0.1, -0.05) is 18.2 Å². The number of nitrogens with zero attached hydrogens (tertiary/aromatic N) is 4. The third-order valence-corrected chi connectivity index (χ3v) is 7.17. The molecule has 2 aromatic carbocycles. The van der Waals surface area contributed by atoms with Crippen LogP contribution in [0, 0.1) is 0 Å². The maximum Gasteiger partial charge on any atom is 0.341 e. The number of likely N-dealkylation sites (tertiary alicyclic amines) is 1. The van der Waals surface area contributed by atoms with Gasteiger partial charge in [0.2, 0.25) is 11.4 Å². The number of halogens is 2. The van der Waals surface area contributed by atoms with Gasteiger partial charge in [0.05, 0.1) is 18.5 Å². The Morgan fingerprint density at radius 3 is 2.58 bits per heavy atom. The molecule has 1 aliphatic heterocycles. The van der Waals surface area contributed by atoms with Crippen LogP contribution in [-0.2, 0) is 19.3 Å². The van der Waals surface area contributed by atoms with Gasteiger partial charge in [-0.05, 0) is 66.6 Å². The van der Waals surface area contributed by atoms with Gasteiger partial charge in [-0.25, -0.2) is 18.6 Å². The molecule has 3 heterocycles. The van der Waals surface area contributed by atoms with E-state index < -0.39 is 17.3 Å². The number of aromatic carboxylic acids is 1. The number of carbonyl (C=O) groups is 1. The number of alkyl halides is 2. The third kappa shape index (κ3) is 4.63. The highest BCUT2D eigenvalue weighted by Crippen LogP contribution is 2.28. The molecule has 2 N–H and O–H groups in total. The molecule has 6 rings (SSSR count). The number of nitrogens with one attached hydrogen (secondary N) is 1. The van der Waals surface area contributed by atoms with Crippen LogP contribution in [0.2, 0.25) is 0 Å². The predicted molar refractivity (Wildman–Crippen MR) is 139 cm³/mol. The second-order valence-electron chi connectivity index (χ2n) is 9.92. The van der Waals surface area contributed by atoms with Gasteiger partial charge >= 0.3 is 5.97 Å². The maximum atomic E-state index is 13.0. The zero-order chi connectivity index (χ0) is 26.4. The van der Waals surface area contributed by atoms with Gasteiger partial charge in [0, 0.05) is 30.3 Å². The summed E-state index contributed by atoms with van der Waals surface area (Å²) >= 11 is 0. The molecule has 2 aromatic heterocycles. The molecule has 4 aromatic rings. The molecule has 1 saturated heterocycles. The minimum atomic E-state index is -2.56. The Bertz CT molecular complexity index is 1610. The van der Waals surface area contributed by atoms with Gasteiger partial charge < -0.3 is 15.0 Å². The smallest absolute Gasteiger partial charge is 0.341 e. The second-order valence-corrected chi connectivity index (χ2v) is 9.92. The molecule has 0 atom stereocenters. The lowest BCUT2D eigenvalue weighted by atomic mass is 10.1. The van der Waals surface area contributed by atoms with E-state index >= 15 is 0 Å². The normalized spacial score (nSPS) is 16.3. The number of rotatable bonds is 7. The first-order valence-electron chi connectivity index (χ1n) is 12.5. The zero-order valence-corrected chi connectivity index (χ0v) is 20.5. The van der Waals surface area contributed by atoms with E-state index in [2.05, 4.69) is 15.3 Å². The maximum absolute atomic E-state index is 13.0. The number of carboxylic acid groups (broad SMARTS) is 1. The summed E-state index contributed by atoms with van der Waals surface area (Å²) in [6.45, 7) is 0.210. The van der Waals surface area contributed by atoms with Crippen molar-refractivity contribution in [1.29, 1.82) is 0 Å². The average molecular weight is 518 g/mol. The van der Waals surface area contributed by atoms with Crippen molar-refractivity contribution in [2.75, 3.05) is 25.0 Å². The predicted octanol–water partition coefficient (Wildman–Crippen LogP) is 4.20. The van der Waals surface area contributed by atoms with Crippen molar-refractivity contribution in [2.45, 2.75) is 31.6 Å². The van der Waals surface area contributed by atoms with Crippen molar-refractivity contribution >= 4 is 28.6 Å². The molecule has 1 aliphatic carbocycles. The molecule has 0 saturated carbocycles. The number of hydrogen-bond donors (Lipinski definition) is 2. The van der Waals surface area contributed by atoms with Crippen LogP contribution in [0.4, 0.5) is 20.4 Å². The molecule has 2 aliphatic rings. The molecule has 8 nitrogen and oxygen atoms in total. The Kier molecular flexibility index (Phi) is 5.91. The first kappa shape index (κ1) is 24.2. The van der Waals surface area contributed by atoms with Crippen molar-refractivity contribution in [1.82, 2.24) is 19.4 Å². The Morgan fingerprint density at radius 1 is 1.08 bits per heavy atom. The van der Waals surface area contributed by atoms with Crippen LogP contribution in [0.1, 0.15) is 33.5 Å². The van der Waals surface area contributed by atoms with Crippen LogP contribution >= 0.6 is 0 Å². The lowest BCUT2D eigenvalue weighted by Gasteiger charge is -2.38. The lowest BCUT2D eigenvalue weighted by Crippen LogP contribution is -2.56. The van der Waals surface area contributed by atoms with E-state index in [-0.39, 0.29) is 30.0 Å². The molecular weight excluding hydrogens is 492 g/mol. The van der Waals surface area contributed by atoms with E-state index in [9.17, 15) is 23.5 Å². The van der Waals surface area contributed by atoms with E-state index in [0.717, 1.165) is 36.2 Å². The van der Waals surface area contributed by atoms with Crippen LogP contribution in [0.5, 0.6) is 0 Å². The van der Waals surface area contributed by atoms with E-state index in [1.807, 2.05) is 42.5 Å². The summed E-state index contributed by atoms with van der Waals surface area (Å²) in [7, 11) is 0. The van der Waals surface area contributed by atoms with E-state index in [1.54, 1.807) is 9.47 Å². The van der Waals surface area contributed by atoms with E-state index in [1.165, 1.54) is 23.5 Å². The van der Waals surface area contributed by atoms with Gasteiger partial charge in [-0.2, -0.15) is 4.98 Å². The van der Waals surface area contributed by atoms with Crippen LogP contribution in [0.3, 0.4) is 0 Å². The van der Waals surface area contributed by atoms with Gasteiger partial charge in [-0.3, -0.25) is 9.69 Å². The van der Waals surface area contributed by atoms with Gasteiger partial charge in [0.1, 0.15) is 5.56 Å². The fourth-order valence-corrected chi connectivity index (χ4v) is 5.17. The topological polar surface area (TPSA) is 100 Å². The Labute approximate surface area is 216 Å². The molecule has 0 bridgehead atoms. The number of hydrogen-bond acceptors (Lipinski definition) is 6. The van der Waals surface area contributed by atoms with E-state index in [4.69, 9.17) is 0 Å². The number of fused-ring (bicyclic) bond motifs is 2. The molecule has 38 heavy (non-hydrogen) atoms. The number of carboxylic acids is 1. The number of aryl methyl sites for hydroxylation is 2. The summed E-state index contributed by atoms with van der Waals surface area (Å²) < 4.78 is 27.7. The Hall–Kier alpha value is -4.18. The van der Waals surface area contributed by atoms with Gasteiger partial charge in [0.25, 0.3) is 5.92 Å². The first-order valence-corrected chi connectivity index (χ1v) is 12.5. The van der Waals surface area contributed by atoms with Crippen molar-refractivity contribution in [3.05, 3.63) is 87.3 Å². The van der Waals surface area contributed by atoms with Crippen LogP contribution in [-0.4, -0.2) is 56.1 Å². The van der Waals surface area contributed by atoms with Crippen molar-refractivity contribution in [2.24, 2.45) is 0 Å². The fourth-order valence-electron chi connectivity index (χ4n) is 5.17. The van der Waals surface area contributed by atoms with Gasteiger partial charge in [0.15, 0.2) is 5.65 Å². The summed E-state index contributed by atoms with van der Waals surface area (Å²) in [5.74, 6) is -3.61. The summed E-state index contributed by atoms with van der Waals surface area (Å²) in [4.78, 5) is 35.3. The number of anilines is 2. The highest BCUT2D eigenvalue weighted by atomic mass is 19.3. The zero-order valence-electron chi connectivity index (χ0n) is 20.5. The number of aromatic nitrogens is 3. The SMILES string of the molecule is O=C(O)c1cn(-c2ccc3c(c2)CCC3)c2nc(Nc3ccc(CCN4CC(F)(F)C4)cc3)ncc2c1=O. The van der Waals surface area contributed by atoms with Crippen LogP contribution in [0.25, 0.3) is 16.7 Å². The monoisotopic (exact) mass is 517 g/mol. The quantitative estimate of drug-likeness (QED) is 0.379. The minimum Gasteiger partial charge on any atom is -0.477 e. The molecule has 10 heteroatoms. The summed E-state index contributed by atoms with van der Waals surface area (Å²) in [6.07, 6.45) is 6.39. The van der Waals surface area contributed by atoms with E-state index in [0.29, 0.717) is 18.6 Å². The van der Waals surface area contributed by atoms with Crippen LogP contribution < -0.4 is 10.7 Å². The highest BCUT2D eigenvalue weighted by Gasteiger charge is 2.43. The third-order valence-electron chi connectivity index (χ3n) is 7.17. The van der Waals surface area contributed by atoms with Crippen molar-refractivity contribution in [3.8, 4) is 5.69 Å². The fraction of sp³-hybridized carbons (Fsp3) is 0.286. The molecule has 0 unspecified atom stereocenters. The highest BCUT2D eigenvalue weighted by molar-refractivity contribution is 5.92. The standard InChI is InChI=1S/C28H25F2N5O3/c29-28(30)15-34(16-28)11-10-17-4-7-20(8-5-17)32-27-31-13-22-24(36)23(26(37)38)14-35(25(22)33-27)21-9-6-18-2-1-3-19(18)12-21/h4-9,12-14H,1-3,10-11,15-16H2,(H,37,38)(H,31,32,33). The number of pyridine rings is 1. The second kappa shape index (κ2) is 9.29. The summed E-state index contributed by atoms with van der Waals surface area (Å²) in [6, 6.07) is 13.5. The molecule has 1 fully saturated rings. The summed E-state index contributed by atoms with van der Waals surface area (Å²) in [5, 5.41) is 12.9.